The van der Waals surface area contributed by atoms with Crippen molar-refractivity contribution in [2.24, 2.45) is 5.16 Å². The van der Waals surface area contributed by atoms with E-state index in [9.17, 15) is 0 Å². The molecule has 5 aromatic rings. The van der Waals surface area contributed by atoms with Gasteiger partial charge >= 0.3 is 0 Å². The van der Waals surface area contributed by atoms with Gasteiger partial charge in [-0.2, -0.15) is 5.10 Å². The van der Waals surface area contributed by atoms with Crippen molar-refractivity contribution in [2.75, 3.05) is 0 Å². The normalized spacial score (nSPS) is 12.0. The van der Waals surface area contributed by atoms with Crippen molar-refractivity contribution in [1.29, 1.82) is 0 Å². The number of aromatic nitrogens is 6. The first-order valence-electron chi connectivity index (χ1n) is 9.15. The van der Waals surface area contributed by atoms with Gasteiger partial charge in [0.1, 0.15) is 6.33 Å². The Balaban J connectivity index is 1.42. The lowest BCUT2D eigenvalue weighted by molar-refractivity contribution is 0.125. The van der Waals surface area contributed by atoms with Gasteiger partial charge in [0, 0.05) is 0 Å². The molecule has 0 radical (unpaired) electrons. The standard InChI is InChI=1S/C21H17N7O/c1-15(16-8-4-2-5-9-16)26-29-13-19-24-21-18-12-23-28(17-10-6-3-7-11-17)20(18)22-14-27(21)25-19/h2-12,14H,13H2,1H3/b26-15-. The zero-order chi connectivity index (χ0) is 19.6. The molecule has 0 saturated heterocycles. The fraction of sp³-hybridized carbons (Fsp3) is 0.0952. The molecule has 0 amide bonds. The van der Waals surface area contributed by atoms with E-state index in [0.717, 1.165) is 28.0 Å². The molecule has 0 aliphatic heterocycles. The predicted octanol–water partition coefficient (Wildman–Crippen LogP) is 3.40. The SMILES string of the molecule is C/C(=N/OCc1nc2c3cnn(-c4ccccc4)c3ncn2n1)c1ccccc1. The monoisotopic (exact) mass is 383 g/mol. The zero-order valence-electron chi connectivity index (χ0n) is 15.7. The van der Waals surface area contributed by atoms with E-state index in [0.29, 0.717) is 11.5 Å². The Hall–Kier alpha value is -4.07. The highest BCUT2D eigenvalue weighted by atomic mass is 16.6. The minimum absolute atomic E-state index is 0.167. The van der Waals surface area contributed by atoms with Crippen molar-refractivity contribution >= 4 is 22.4 Å². The predicted molar refractivity (Wildman–Crippen MR) is 109 cm³/mol. The molecule has 0 spiro atoms. The van der Waals surface area contributed by atoms with Gasteiger partial charge in [-0.05, 0) is 24.6 Å². The van der Waals surface area contributed by atoms with Crippen molar-refractivity contribution in [1.82, 2.24) is 29.4 Å². The second-order valence-corrected chi connectivity index (χ2v) is 6.49. The maximum atomic E-state index is 5.46. The molecule has 142 valence electrons. The molecular formula is C21H17N7O. The molecule has 0 atom stereocenters. The minimum atomic E-state index is 0.167. The van der Waals surface area contributed by atoms with Crippen molar-refractivity contribution in [3.63, 3.8) is 0 Å². The average Bonchev–Trinajstić information content (AvgIpc) is 3.38. The van der Waals surface area contributed by atoms with Crippen LogP contribution in [-0.4, -0.2) is 35.1 Å². The summed E-state index contributed by atoms with van der Waals surface area (Å²) in [6, 6.07) is 19.7. The summed E-state index contributed by atoms with van der Waals surface area (Å²) in [5.74, 6) is 0.524. The fourth-order valence-electron chi connectivity index (χ4n) is 3.10. The van der Waals surface area contributed by atoms with Gasteiger partial charge in [0.05, 0.1) is 23.0 Å². The second-order valence-electron chi connectivity index (χ2n) is 6.49. The van der Waals surface area contributed by atoms with Crippen LogP contribution >= 0.6 is 0 Å². The number of hydrogen-bond donors (Lipinski definition) is 0. The van der Waals surface area contributed by atoms with Crippen molar-refractivity contribution < 1.29 is 4.84 Å². The van der Waals surface area contributed by atoms with Gasteiger partial charge in [0.25, 0.3) is 0 Å². The molecule has 3 aromatic heterocycles. The molecular weight excluding hydrogens is 366 g/mol. The highest BCUT2D eigenvalue weighted by Crippen LogP contribution is 2.19. The lowest BCUT2D eigenvalue weighted by atomic mass is 10.1. The van der Waals surface area contributed by atoms with E-state index >= 15 is 0 Å². The van der Waals surface area contributed by atoms with Crippen LogP contribution in [0.1, 0.15) is 18.3 Å². The van der Waals surface area contributed by atoms with Crippen molar-refractivity contribution in [3.05, 3.63) is 84.6 Å². The van der Waals surface area contributed by atoms with Gasteiger partial charge in [0.15, 0.2) is 23.7 Å². The molecule has 0 fully saturated rings. The van der Waals surface area contributed by atoms with Crippen LogP contribution in [0.5, 0.6) is 0 Å². The van der Waals surface area contributed by atoms with Crippen LogP contribution in [0.25, 0.3) is 22.4 Å². The van der Waals surface area contributed by atoms with E-state index in [1.165, 1.54) is 0 Å². The van der Waals surface area contributed by atoms with E-state index in [4.69, 9.17) is 4.84 Å². The van der Waals surface area contributed by atoms with Gasteiger partial charge in [-0.3, -0.25) is 0 Å². The third kappa shape index (κ3) is 3.20. The lowest BCUT2D eigenvalue weighted by Gasteiger charge is -2.01. The molecule has 8 heteroatoms. The zero-order valence-corrected chi connectivity index (χ0v) is 15.7. The summed E-state index contributed by atoms with van der Waals surface area (Å²) in [5.41, 5.74) is 4.14. The van der Waals surface area contributed by atoms with Gasteiger partial charge in [-0.15, -0.1) is 5.10 Å². The van der Waals surface area contributed by atoms with Crippen LogP contribution in [0, 0.1) is 0 Å². The highest BCUT2D eigenvalue weighted by Gasteiger charge is 2.13. The van der Waals surface area contributed by atoms with E-state index in [-0.39, 0.29) is 6.61 Å². The second kappa shape index (κ2) is 7.16. The van der Waals surface area contributed by atoms with Crippen LogP contribution in [0.4, 0.5) is 0 Å². The summed E-state index contributed by atoms with van der Waals surface area (Å²) < 4.78 is 3.42. The summed E-state index contributed by atoms with van der Waals surface area (Å²) in [4.78, 5) is 14.5. The van der Waals surface area contributed by atoms with Gasteiger partial charge in [0.2, 0.25) is 0 Å². The molecule has 0 N–H and O–H groups in total. The average molecular weight is 383 g/mol. The maximum absolute atomic E-state index is 5.46. The third-order valence-electron chi connectivity index (χ3n) is 4.54. The van der Waals surface area contributed by atoms with Crippen LogP contribution in [0.2, 0.25) is 0 Å². The Kier molecular flexibility index (Phi) is 4.21. The third-order valence-corrected chi connectivity index (χ3v) is 4.54. The smallest absolute Gasteiger partial charge is 0.192 e. The number of rotatable bonds is 5. The van der Waals surface area contributed by atoms with Crippen LogP contribution in [0.3, 0.4) is 0 Å². The molecule has 3 heterocycles. The Morgan fingerprint density at radius 1 is 1.00 bits per heavy atom. The van der Waals surface area contributed by atoms with E-state index in [1.807, 2.05) is 67.6 Å². The van der Waals surface area contributed by atoms with Crippen LogP contribution in [0.15, 0.2) is 78.3 Å². The summed E-state index contributed by atoms with van der Waals surface area (Å²) in [6.45, 7) is 2.07. The molecule has 2 aromatic carbocycles. The number of benzene rings is 2. The van der Waals surface area contributed by atoms with Crippen LogP contribution < -0.4 is 0 Å². The highest BCUT2D eigenvalue weighted by molar-refractivity contribution is 5.98. The number of nitrogens with zero attached hydrogens (tertiary/aromatic N) is 7. The Bertz CT molecular complexity index is 1310. The number of oxime groups is 1. The lowest BCUT2D eigenvalue weighted by Crippen LogP contribution is -1.98. The first-order valence-corrected chi connectivity index (χ1v) is 9.15. The Morgan fingerprint density at radius 2 is 1.76 bits per heavy atom. The molecule has 8 nitrogen and oxygen atoms in total. The number of hydrogen-bond acceptors (Lipinski definition) is 6. The van der Waals surface area contributed by atoms with Crippen molar-refractivity contribution in [2.45, 2.75) is 13.5 Å². The summed E-state index contributed by atoms with van der Waals surface area (Å²) >= 11 is 0. The topological polar surface area (TPSA) is 82.5 Å². The first-order chi connectivity index (χ1) is 14.3. The quantitative estimate of drug-likeness (QED) is 0.343. The van der Waals surface area contributed by atoms with E-state index < -0.39 is 0 Å². The number of fused-ring (bicyclic) bond motifs is 3. The summed E-state index contributed by atoms with van der Waals surface area (Å²) in [5, 5.41) is 13.9. The molecule has 0 aliphatic carbocycles. The Labute approximate surface area is 166 Å². The molecule has 29 heavy (non-hydrogen) atoms. The van der Waals surface area contributed by atoms with Gasteiger partial charge in [-0.25, -0.2) is 19.2 Å². The summed E-state index contributed by atoms with van der Waals surface area (Å²) in [7, 11) is 0. The van der Waals surface area contributed by atoms with Gasteiger partial charge in [-0.1, -0.05) is 53.7 Å². The van der Waals surface area contributed by atoms with Crippen molar-refractivity contribution in [3.8, 4) is 5.69 Å². The molecule has 0 saturated carbocycles. The molecule has 5 rings (SSSR count). The molecule has 0 aliphatic rings. The number of para-hydroxylation sites is 1. The molecule has 0 unspecified atom stereocenters. The maximum Gasteiger partial charge on any atom is 0.192 e. The molecule has 0 bridgehead atoms. The van der Waals surface area contributed by atoms with Gasteiger partial charge < -0.3 is 4.84 Å². The minimum Gasteiger partial charge on any atom is -0.387 e. The van der Waals surface area contributed by atoms with E-state index in [2.05, 4.69) is 25.3 Å². The first kappa shape index (κ1) is 17.1. The van der Waals surface area contributed by atoms with E-state index in [1.54, 1.807) is 21.7 Å². The summed E-state index contributed by atoms with van der Waals surface area (Å²) in [6.07, 6.45) is 3.38. The Morgan fingerprint density at radius 3 is 2.55 bits per heavy atom. The largest absolute Gasteiger partial charge is 0.387 e. The fourth-order valence-corrected chi connectivity index (χ4v) is 3.10. The van der Waals surface area contributed by atoms with Crippen LogP contribution in [-0.2, 0) is 11.4 Å².